The zero-order chi connectivity index (χ0) is 12.5. The van der Waals surface area contributed by atoms with Gasteiger partial charge in [-0.05, 0) is 25.3 Å². The van der Waals surface area contributed by atoms with Gasteiger partial charge in [-0.15, -0.1) is 0 Å². The fraction of sp³-hybridized carbons (Fsp3) is 0.786. The summed E-state index contributed by atoms with van der Waals surface area (Å²) in [7, 11) is 0. The number of piperazine rings is 1. The Balaban J connectivity index is 1.59. The van der Waals surface area contributed by atoms with Gasteiger partial charge in [0.1, 0.15) is 0 Å². The minimum Gasteiger partial charge on any atom is -0.360 e. The van der Waals surface area contributed by atoms with Crippen LogP contribution in [0, 0.1) is 0 Å². The maximum Gasteiger partial charge on any atom is 0.150 e. The van der Waals surface area contributed by atoms with E-state index in [9.17, 15) is 0 Å². The Bertz CT molecular complexity index is 401. The van der Waals surface area contributed by atoms with E-state index in [0.29, 0.717) is 5.92 Å². The molecule has 2 aliphatic heterocycles. The highest BCUT2D eigenvalue weighted by Crippen LogP contribution is 2.23. The van der Waals surface area contributed by atoms with E-state index in [1.54, 1.807) is 0 Å². The molecule has 0 N–H and O–H groups in total. The van der Waals surface area contributed by atoms with Gasteiger partial charge in [-0.2, -0.15) is 0 Å². The minimum absolute atomic E-state index is 0.453. The first-order valence-electron chi connectivity index (χ1n) is 7.14. The lowest BCUT2D eigenvalue weighted by Crippen LogP contribution is -2.49. The second-order valence-electron chi connectivity index (χ2n) is 5.94. The maximum atomic E-state index is 5.43. The molecule has 0 saturated carbocycles. The van der Waals surface area contributed by atoms with Crippen molar-refractivity contribution in [1.29, 1.82) is 0 Å². The van der Waals surface area contributed by atoms with Gasteiger partial charge in [-0.3, -0.25) is 9.80 Å². The molecule has 0 radical (unpaired) electrons. The van der Waals surface area contributed by atoms with Crippen molar-refractivity contribution in [2.75, 3.05) is 26.2 Å². The lowest BCUT2D eigenvalue weighted by atomic mass is 10.1. The van der Waals surface area contributed by atoms with Crippen LogP contribution in [0.25, 0.3) is 0 Å². The summed E-state index contributed by atoms with van der Waals surface area (Å²) in [5, 5.41) is 4.14. The average Bonchev–Trinajstić information content (AvgIpc) is 2.96. The zero-order valence-corrected chi connectivity index (χ0v) is 11.4. The predicted octanol–water partition coefficient (Wildman–Crippen LogP) is 2.08. The van der Waals surface area contributed by atoms with Crippen molar-refractivity contribution >= 4 is 0 Å². The number of fused-ring (bicyclic) bond motifs is 1. The number of hydrogen-bond donors (Lipinski definition) is 0. The van der Waals surface area contributed by atoms with E-state index >= 15 is 0 Å². The second-order valence-corrected chi connectivity index (χ2v) is 5.94. The summed E-state index contributed by atoms with van der Waals surface area (Å²) in [4.78, 5) is 5.15. The molecule has 0 amide bonds. The first-order chi connectivity index (χ1) is 8.72. The van der Waals surface area contributed by atoms with Crippen molar-refractivity contribution in [1.82, 2.24) is 15.0 Å². The highest BCUT2D eigenvalue weighted by Gasteiger charge is 2.30. The van der Waals surface area contributed by atoms with E-state index in [4.69, 9.17) is 4.52 Å². The van der Waals surface area contributed by atoms with E-state index in [1.807, 2.05) is 0 Å². The highest BCUT2D eigenvalue weighted by molar-refractivity contribution is 5.09. The molecule has 2 fully saturated rings. The Hall–Kier alpha value is -0.870. The molecule has 100 valence electrons. The van der Waals surface area contributed by atoms with E-state index in [-0.39, 0.29) is 0 Å². The van der Waals surface area contributed by atoms with E-state index in [2.05, 4.69) is 34.9 Å². The molecule has 1 unspecified atom stereocenters. The lowest BCUT2D eigenvalue weighted by Gasteiger charge is -2.36. The van der Waals surface area contributed by atoms with Crippen LogP contribution in [0.15, 0.2) is 10.6 Å². The molecule has 1 aromatic rings. The highest BCUT2D eigenvalue weighted by atomic mass is 16.5. The van der Waals surface area contributed by atoms with Crippen LogP contribution in [0.1, 0.15) is 44.1 Å². The van der Waals surface area contributed by atoms with Crippen LogP contribution in [0.3, 0.4) is 0 Å². The van der Waals surface area contributed by atoms with Crippen LogP contribution in [0.2, 0.25) is 0 Å². The SMILES string of the molecule is CC(C)c1cc(CN2CCN3CCCC3C2)on1. The smallest absolute Gasteiger partial charge is 0.150 e. The van der Waals surface area contributed by atoms with Crippen molar-refractivity contribution < 1.29 is 4.52 Å². The molecule has 1 aromatic heterocycles. The molecular weight excluding hydrogens is 226 g/mol. The minimum atomic E-state index is 0.453. The zero-order valence-electron chi connectivity index (χ0n) is 11.4. The van der Waals surface area contributed by atoms with Crippen LogP contribution in [-0.4, -0.2) is 47.2 Å². The molecular formula is C14H23N3O. The van der Waals surface area contributed by atoms with E-state index in [1.165, 1.54) is 32.5 Å². The van der Waals surface area contributed by atoms with Crippen molar-refractivity contribution in [3.63, 3.8) is 0 Å². The summed E-state index contributed by atoms with van der Waals surface area (Å²) < 4.78 is 5.43. The fourth-order valence-electron chi connectivity index (χ4n) is 3.10. The molecule has 2 aliphatic rings. The third kappa shape index (κ3) is 2.45. The quantitative estimate of drug-likeness (QED) is 0.821. The van der Waals surface area contributed by atoms with Gasteiger partial charge in [0, 0.05) is 31.7 Å². The summed E-state index contributed by atoms with van der Waals surface area (Å²) in [5.74, 6) is 1.47. The number of hydrogen-bond acceptors (Lipinski definition) is 4. The number of nitrogens with zero attached hydrogens (tertiary/aromatic N) is 3. The van der Waals surface area contributed by atoms with Crippen LogP contribution in [0.4, 0.5) is 0 Å². The number of aromatic nitrogens is 1. The summed E-state index contributed by atoms with van der Waals surface area (Å²) in [6, 6.07) is 2.90. The molecule has 0 aromatic carbocycles. The molecule has 4 heteroatoms. The van der Waals surface area contributed by atoms with Gasteiger partial charge >= 0.3 is 0 Å². The molecule has 1 atom stereocenters. The first-order valence-corrected chi connectivity index (χ1v) is 7.14. The van der Waals surface area contributed by atoms with Crippen LogP contribution < -0.4 is 0 Å². The van der Waals surface area contributed by atoms with Gasteiger partial charge in [0.2, 0.25) is 0 Å². The second kappa shape index (κ2) is 5.02. The summed E-state index contributed by atoms with van der Waals surface area (Å²) >= 11 is 0. The fourth-order valence-corrected chi connectivity index (χ4v) is 3.10. The largest absolute Gasteiger partial charge is 0.360 e. The average molecular weight is 249 g/mol. The van der Waals surface area contributed by atoms with Crippen LogP contribution in [-0.2, 0) is 6.54 Å². The van der Waals surface area contributed by atoms with Crippen LogP contribution in [0.5, 0.6) is 0 Å². The molecule has 4 nitrogen and oxygen atoms in total. The molecule has 0 spiro atoms. The monoisotopic (exact) mass is 249 g/mol. The normalized spacial score (nSPS) is 25.8. The predicted molar refractivity (Wildman–Crippen MR) is 70.5 cm³/mol. The van der Waals surface area contributed by atoms with Crippen molar-refractivity contribution in [3.05, 3.63) is 17.5 Å². The molecule has 18 heavy (non-hydrogen) atoms. The van der Waals surface area contributed by atoms with Gasteiger partial charge in [-0.1, -0.05) is 19.0 Å². The van der Waals surface area contributed by atoms with E-state index < -0.39 is 0 Å². The molecule has 2 saturated heterocycles. The Morgan fingerprint density at radius 3 is 3.06 bits per heavy atom. The first kappa shape index (κ1) is 12.2. The Morgan fingerprint density at radius 1 is 1.39 bits per heavy atom. The van der Waals surface area contributed by atoms with E-state index in [0.717, 1.165) is 30.6 Å². The molecule has 0 aliphatic carbocycles. The summed E-state index contributed by atoms with van der Waals surface area (Å²) in [5.41, 5.74) is 1.07. The maximum absolute atomic E-state index is 5.43. The summed E-state index contributed by atoms with van der Waals surface area (Å²) in [6.07, 6.45) is 2.74. The van der Waals surface area contributed by atoms with Gasteiger partial charge in [0.25, 0.3) is 0 Å². The van der Waals surface area contributed by atoms with Crippen molar-refractivity contribution in [3.8, 4) is 0 Å². The van der Waals surface area contributed by atoms with Gasteiger partial charge in [-0.25, -0.2) is 0 Å². The Morgan fingerprint density at radius 2 is 2.28 bits per heavy atom. The molecule has 0 bridgehead atoms. The third-order valence-electron chi connectivity index (χ3n) is 4.22. The third-order valence-corrected chi connectivity index (χ3v) is 4.22. The van der Waals surface area contributed by atoms with Crippen molar-refractivity contribution in [2.24, 2.45) is 0 Å². The lowest BCUT2D eigenvalue weighted by molar-refractivity contribution is 0.0922. The molecule has 3 heterocycles. The van der Waals surface area contributed by atoms with Crippen molar-refractivity contribution in [2.45, 2.75) is 45.2 Å². The van der Waals surface area contributed by atoms with Crippen LogP contribution >= 0.6 is 0 Å². The van der Waals surface area contributed by atoms with Gasteiger partial charge in [0.05, 0.1) is 12.2 Å². The Kier molecular flexibility index (Phi) is 3.39. The standard InChI is InChI=1S/C14H23N3O/c1-11(2)14-8-13(18-15-14)10-16-6-7-17-5-3-4-12(17)9-16/h8,11-12H,3-7,9-10H2,1-2H3. The number of rotatable bonds is 3. The molecule has 3 rings (SSSR count). The Labute approximate surface area is 109 Å². The topological polar surface area (TPSA) is 32.5 Å². The summed E-state index contributed by atoms with van der Waals surface area (Å²) in [6.45, 7) is 10.1. The van der Waals surface area contributed by atoms with Gasteiger partial charge in [0.15, 0.2) is 5.76 Å². The van der Waals surface area contributed by atoms with Gasteiger partial charge < -0.3 is 4.52 Å².